The summed E-state index contributed by atoms with van der Waals surface area (Å²) in [6.45, 7) is 1.88. The van der Waals surface area contributed by atoms with Gasteiger partial charge in [-0.05, 0) is 30.7 Å². The highest BCUT2D eigenvalue weighted by atomic mass is 16.5. The van der Waals surface area contributed by atoms with Crippen molar-refractivity contribution in [3.63, 3.8) is 0 Å². The fraction of sp³-hybridized carbons (Fsp3) is 0.154. The van der Waals surface area contributed by atoms with Crippen molar-refractivity contribution < 1.29 is 14.3 Å². The standard InChI is InChI=1S/C26H22N4O3/c1-18-22(25(31)29(13-14-33-2)26(32)23(18)16-27)15-20-17-30(21-11-7-4-8-12-21)28-24(20)19-9-5-3-6-10-19/h3-12,15,17H,13-14H2,1-2H3/b22-15+. The number of rotatable bonds is 6. The van der Waals surface area contributed by atoms with Gasteiger partial charge in [-0.25, -0.2) is 4.68 Å². The number of carbonyl (C=O) groups excluding carboxylic acids is 2. The second-order valence-electron chi connectivity index (χ2n) is 7.50. The Balaban J connectivity index is 1.88. The van der Waals surface area contributed by atoms with E-state index in [1.807, 2.05) is 72.9 Å². The van der Waals surface area contributed by atoms with Gasteiger partial charge in [0.15, 0.2) is 0 Å². The van der Waals surface area contributed by atoms with Gasteiger partial charge in [-0.1, -0.05) is 48.5 Å². The largest absolute Gasteiger partial charge is 0.383 e. The van der Waals surface area contributed by atoms with E-state index in [9.17, 15) is 14.9 Å². The number of ether oxygens (including phenoxy) is 1. The maximum atomic E-state index is 13.3. The smallest absolute Gasteiger partial charge is 0.271 e. The van der Waals surface area contributed by atoms with Crippen molar-refractivity contribution >= 4 is 17.9 Å². The molecule has 0 saturated heterocycles. The van der Waals surface area contributed by atoms with Crippen LogP contribution in [-0.2, 0) is 14.3 Å². The van der Waals surface area contributed by atoms with Gasteiger partial charge in [0.25, 0.3) is 11.8 Å². The van der Waals surface area contributed by atoms with Crippen LogP contribution in [0.3, 0.4) is 0 Å². The highest BCUT2D eigenvalue weighted by Gasteiger charge is 2.35. The fourth-order valence-corrected chi connectivity index (χ4v) is 3.70. The number of nitrogens with zero attached hydrogens (tertiary/aromatic N) is 4. The van der Waals surface area contributed by atoms with Crippen molar-refractivity contribution in [3.8, 4) is 23.0 Å². The lowest BCUT2D eigenvalue weighted by atomic mass is 9.93. The highest BCUT2D eigenvalue weighted by molar-refractivity contribution is 6.19. The lowest BCUT2D eigenvalue weighted by molar-refractivity contribution is -0.141. The first-order valence-electron chi connectivity index (χ1n) is 10.4. The Bertz CT molecular complexity index is 1300. The molecule has 0 N–H and O–H groups in total. The van der Waals surface area contributed by atoms with Crippen molar-refractivity contribution in [1.29, 1.82) is 5.26 Å². The second kappa shape index (κ2) is 9.47. The summed E-state index contributed by atoms with van der Waals surface area (Å²) >= 11 is 0. The lowest BCUT2D eigenvalue weighted by Gasteiger charge is -2.27. The minimum absolute atomic E-state index is 0.0475. The molecular formula is C26H22N4O3. The average Bonchev–Trinajstić information content (AvgIpc) is 3.27. The number of imide groups is 1. The first-order valence-corrected chi connectivity index (χ1v) is 10.4. The van der Waals surface area contributed by atoms with E-state index in [4.69, 9.17) is 9.84 Å². The van der Waals surface area contributed by atoms with Gasteiger partial charge in [0, 0.05) is 30.0 Å². The number of hydrogen-bond donors (Lipinski definition) is 0. The van der Waals surface area contributed by atoms with Gasteiger partial charge in [0.2, 0.25) is 0 Å². The van der Waals surface area contributed by atoms with Crippen LogP contribution in [0, 0.1) is 11.3 Å². The molecule has 1 aliphatic heterocycles. The van der Waals surface area contributed by atoms with E-state index in [2.05, 4.69) is 0 Å². The molecule has 1 aliphatic rings. The molecule has 0 unspecified atom stereocenters. The summed E-state index contributed by atoms with van der Waals surface area (Å²) in [6.07, 6.45) is 3.54. The van der Waals surface area contributed by atoms with Crippen LogP contribution < -0.4 is 0 Å². The van der Waals surface area contributed by atoms with Crippen molar-refractivity contribution in [2.75, 3.05) is 20.3 Å². The third kappa shape index (κ3) is 4.25. The Hall–Kier alpha value is -4.28. The van der Waals surface area contributed by atoms with Crippen molar-refractivity contribution in [3.05, 3.63) is 89.1 Å². The number of para-hydroxylation sites is 1. The summed E-state index contributed by atoms with van der Waals surface area (Å²) in [4.78, 5) is 27.0. The molecule has 164 valence electrons. The molecule has 0 atom stereocenters. The molecule has 3 aromatic rings. The minimum Gasteiger partial charge on any atom is -0.383 e. The second-order valence-corrected chi connectivity index (χ2v) is 7.50. The summed E-state index contributed by atoms with van der Waals surface area (Å²) in [7, 11) is 1.49. The van der Waals surface area contributed by atoms with E-state index in [-0.39, 0.29) is 24.3 Å². The van der Waals surface area contributed by atoms with Gasteiger partial charge < -0.3 is 4.74 Å². The van der Waals surface area contributed by atoms with Gasteiger partial charge in [-0.3, -0.25) is 14.5 Å². The molecule has 0 saturated carbocycles. The third-order valence-corrected chi connectivity index (χ3v) is 5.45. The van der Waals surface area contributed by atoms with Crippen LogP contribution in [0.4, 0.5) is 0 Å². The Kier molecular flexibility index (Phi) is 6.29. The minimum atomic E-state index is -0.600. The SMILES string of the molecule is COCCN1C(=O)C(C#N)=C(C)/C(=C\c2cn(-c3ccccc3)nc2-c2ccccc2)C1=O. The predicted molar refractivity (Wildman–Crippen MR) is 124 cm³/mol. The number of benzene rings is 2. The molecule has 0 radical (unpaired) electrons. The number of nitriles is 1. The number of hydrogen-bond acceptors (Lipinski definition) is 5. The molecule has 2 amide bonds. The first kappa shape index (κ1) is 21.9. The van der Waals surface area contributed by atoms with E-state index in [1.165, 1.54) is 7.11 Å². The van der Waals surface area contributed by atoms with E-state index >= 15 is 0 Å². The average molecular weight is 438 g/mol. The van der Waals surface area contributed by atoms with Gasteiger partial charge in [-0.2, -0.15) is 10.4 Å². The maximum Gasteiger partial charge on any atom is 0.271 e. The molecule has 4 rings (SSSR count). The Morgan fingerprint density at radius 3 is 2.33 bits per heavy atom. The van der Waals surface area contributed by atoms with Crippen molar-refractivity contribution in [1.82, 2.24) is 14.7 Å². The molecule has 0 spiro atoms. The van der Waals surface area contributed by atoms with Gasteiger partial charge >= 0.3 is 0 Å². The molecular weight excluding hydrogens is 416 g/mol. The number of aromatic nitrogens is 2. The Morgan fingerprint density at radius 2 is 1.70 bits per heavy atom. The number of amides is 2. The highest BCUT2D eigenvalue weighted by Crippen LogP contribution is 2.31. The summed E-state index contributed by atoms with van der Waals surface area (Å²) in [6, 6.07) is 21.3. The monoisotopic (exact) mass is 438 g/mol. The van der Waals surface area contributed by atoms with Crippen LogP contribution in [-0.4, -0.2) is 46.8 Å². The Morgan fingerprint density at radius 1 is 1.03 bits per heavy atom. The first-order chi connectivity index (χ1) is 16.0. The predicted octanol–water partition coefficient (Wildman–Crippen LogP) is 3.78. The summed E-state index contributed by atoms with van der Waals surface area (Å²) in [5, 5.41) is 14.4. The lowest BCUT2D eigenvalue weighted by Crippen LogP contribution is -2.44. The molecule has 33 heavy (non-hydrogen) atoms. The molecule has 2 heterocycles. The summed E-state index contributed by atoms with van der Waals surface area (Å²) < 4.78 is 6.79. The van der Waals surface area contributed by atoms with E-state index < -0.39 is 11.8 Å². The van der Waals surface area contributed by atoms with Crippen LogP contribution in [0.5, 0.6) is 0 Å². The zero-order valence-corrected chi connectivity index (χ0v) is 18.4. The molecule has 0 fully saturated rings. The summed E-state index contributed by atoms with van der Waals surface area (Å²) in [5.74, 6) is -1.06. The van der Waals surface area contributed by atoms with Gasteiger partial charge in [0.1, 0.15) is 11.6 Å². The van der Waals surface area contributed by atoms with E-state index in [0.717, 1.165) is 16.2 Å². The quantitative estimate of drug-likeness (QED) is 0.432. The number of carbonyl (C=O) groups is 2. The third-order valence-electron chi connectivity index (χ3n) is 5.45. The molecule has 1 aromatic heterocycles. The maximum absolute atomic E-state index is 13.3. The van der Waals surface area contributed by atoms with Crippen LogP contribution in [0.2, 0.25) is 0 Å². The van der Waals surface area contributed by atoms with Gasteiger partial charge in [0.05, 0.1) is 24.5 Å². The molecule has 2 aromatic carbocycles. The van der Waals surface area contributed by atoms with E-state index in [1.54, 1.807) is 17.7 Å². The zero-order valence-electron chi connectivity index (χ0n) is 18.4. The van der Waals surface area contributed by atoms with Crippen LogP contribution in [0.25, 0.3) is 23.0 Å². The van der Waals surface area contributed by atoms with Crippen LogP contribution >= 0.6 is 0 Å². The zero-order chi connectivity index (χ0) is 23.4. The molecule has 0 bridgehead atoms. The van der Waals surface area contributed by atoms with Crippen molar-refractivity contribution in [2.45, 2.75) is 6.92 Å². The van der Waals surface area contributed by atoms with Crippen molar-refractivity contribution in [2.24, 2.45) is 0 Å². The topological polar surface area (TPSA) is 88.2 Å². The van der Waals surface area contributed by atoms with Crippen LogP contribution in [0.15, 0.2) is 83.6 Å². The fourth-order valence-electron chi connectivity index (χ4n) is 3.70. The van der Waals surface area contributed by atoms with Crippen LogP contribution in [0.1, 0.15) is 12.5 Å². The van der Waals surface area contributed by atoms with E-state index in [0.29, 0.717) is 16.8 Å². The molecule has 0 aliphatic carbocycles. The summed E-state index contributed by atoms with van der Waals surface area (Å²) in [5.41, 5.74) is 3.73. The molecule has 7 heteroatoms. The number of methoxy groups -OCH3 is 1. The normalized spacial score (nSPS) is 15.3. The van der Waals surface area contributed by atoms with Gasteiger partial charge in [-0.15, -0.1) is 0 Å². The Labute approximate surface area is 191 Å². The molecule has 7 nitrogen and oxygen atoms in total.